The van der Waals surface area contributed by atoms with E-state index in [0.717, 1.165) is 101 Å². The molecule has 306 valence electrons. The highest BCUT2D eigenvalue weighted by Gasteiger charge is 2.34. The summed E-state index contributed by atoms with van der Waals surface area (Å²) in [6.45, 7) is 23.0. The van der Waals surface area contributed by atoms with E-state index in [4.69, 9.17) is 24.5 Å². The number of aromatic nitrogens is 6. The number of rotatable bonds is 16. The molecule has 0 amide bonds. The first kappa shape index (κ1) is 41.2. The SMILES string of the molecule is CCc1cc(O)ccc1-c1ccc2c(-c3nc4c(n3COCC[Si](C)(C)C)CN(C(O)c3cnc(N5CCN(C)CC5)cn3)C4)nn(COCC[Si](C)(C)C)c2c1. The summed E-state index contributed by atoms with van der Waals surface area (Å²) >= 11 is 0. The molecule has 15 heteroatoms. The lowest BCUT2D eigenvalue weighted by Gasteiger charge is -2.33. The summed E-state index contributed by atoms with van der Waals surface area (Å²) in [5, 5.41) is 28.0. The van der Waals surface area contributed by atoms with E-state index < -0.39 is 22.4 Å². The third-order valence-electron chi connectivity index (χ3n) is 11.1. The Balaban J connectivity index is 1.21. The Morgan fingerprint density at radius 1 is 0.842 bits per heavy atom. The zero-order valence-electron chi connectivity index (χ0n) is 35.1. The lowest BCUT2D eigenvalue weighted by Crippen LogP contribution is -2.44. The molecule has 1 atom stereocenters. The number of aromatic hydroxyl groups is 1. The van der Waals surface area contributed by atoms with Crippen molar-refractivity contribution in [1.82, 2.24) is 39.1 Å². The molecule has 1 saturated heterocycles. The van der Waals surface area contributed by atoms with Crippen LogP contribution in [0.15, 0.2) is 48.8 Å². The van der Waals surface area contributed by atoms with Gasteiger partial charge in [0.05, 0.1) is 29.3 Å². The van der Waals surface area contributed by atoms with Gasteiger partial charge < -0.3 is 34.1 Å². The Labute approximate surface area is 339 Å². The van der Waals surface area contributed by atoms with Crippen molar-refractivity contribution >= 4 is 32.9 Å². The number of piperazine rings is 1. The Morgan fingerprint density at radius 3 is 2.23 bits per heavy atom. The van der Waals surface area contributed by atoms with E-state index >= 15 is 0 Å². The van der Waals surface area contributed by atoms with Crippen LogP contribution in [0.3, 0.4) is 0 Å². The van der Waals surface area contributed by atoms with Gasteiger partial charge in [0.25, 0.3) is 0 Å². The number of phenols is 1. The number of aryl methyl sites for hydroxylation is 1. The number of fused-ring (bicyclic) bond motifs is 2. The van der Waals surface area contributed by atoms with Gasteiger partial charge in [0, 0.05) is 74.0 Å². The van der Waals surface area contributed by atoms with Crippen LogP contribution in [-0.4, -0.2) is 112 Å². The van der Waals surface area contributed by atoms with Gasteiger partial charge in [-0.1, -0.05) is 58.3 Å². The minimum Gasteiger partial charge on any atom is -0.508 e. The first-order chi connectivity index (χ1) is 27.2. The number of aliphatic hydroxyl groups excluding tert-OH is 1. The zero-order valence-corrected chi connectivity index (χ0v) is 37.1. The van der Waals surface area contributed by atoms with Crippen LogP contribution in [0.25, 0.3) is 33.5 Å². The molecule has 57 heavy (non-hydrogen) atoms. The second-order valence-electron chi connectivity index (χ2n) is 18.1. The predicted octanol–water partition coefficient (Wildman–Crippen LogP) is 7.01. The fourth-order valence-electron chi connectivity index (χ4n) is 7.45. The first-order valence-electron chi connectivity index (χ1n) is 20.4. The summed E-state index contributed by atoms with van der Waals surface area (Å²) in [6.07, 6.45) is 3.35. The van der Waals surface area contributed by atoms with E-state index in [1.54, 1.807) is 18.5 Å². The van der Waals surface area contributed by atoms with Gasteiger partial charge in [-0.25, -0.2) is 14.6 Å². The molecule has 13 nitrogen and oxygen atoms in total. The number of hydrogen-bond acceptors (Lipinski definition) is 11. The van der Waals surface area contributed by atoms with Gasteiger partial charge in [0.1, 0.15) is 36.4 Å². The highest BCUT2D eigenvalue weighted by molar-refractivity contribution is 6.76. The zero-order chi connectivity index (χ0) is 40.5. The van der Waals surface area contributed by atoms with Crippen molar-refractivity contribution in [3.8, 4) is 28.4 Å². The molecule has 0 bridgehead atoms. The summed E-state index contributed by atoms with van der Waals surface area (Å²) in [4.78, 5) is 21.2. The number of anilines is 1. The number of ether oxygens (including phenoxy) is 2. The summed E-state index contributed by atoms with van der Waals surface area (Å²) in [5.74, 6) is 1.85. The number of aliphatic hydroxyl groups is 1. The number of nitrogens with zero attached hydrogens (tertiary/aromatic N) is 9. The molecule has 2 N–H and O–H groups in total. The molecular weight excluding hydrogens is 751 g/mol. The van der Waals surface area contributed by atoms with Crippen molar-refractivity contribution in [1.29, 1.82) is 0 Å². The van der Waals surface area contributed by atoms with Crippen LogP contribution in [0.4, 0.5) is 5.82 Å². The van der Waals surface area contributed by atoms with Gasteiger partial charge in [-0.15, -0.1) is 0 Å². The van der Waals surface area contributed by atoms with Crippen molar-refractivity contribution < 1.29 is 19.7 Å². The van der Waals surface area contributed by atoms with Crippen LogP contribution in [0.1, 0.15) is 35.8 Å². The summed E-state index contributed by atoms with van der Waals surface area (Å²) in [6, 6.07) is 14.2. The number of phenolic OH excluding ortho intramolecular Hbond substituents is 1. The van der Waals surface area contributed by atoms with Gasteiger partial charge in [0.2, 0.25) is 0 Å². The Morgan fingerprint density at radius 2 is 1.56 bits per heavy atom. The second-order valence-corrected chi connectivity index (χ2v) is 29.3. The fourth-order valence-corrected chi connectivity index (χ4v) is 8.96. The largest absolute Gasteiger partial charge is 0.508 e. The number of imidazole rings is 1. The molecule has 2 aliphatic heterocycles. The van der Waals surface area contributed by atoms with Crippen LogP contribution in [0.2, 0.25) is 51.4 Å². The maximum absolute atomic E-state index is 11.6. The van der Waals surface area contributed by atoms with Gasteiger partial charge in [-0.3, -0.25) is 9.88 Å². The van der Waals surface area contributed by atoms with E-state index in [0.29, 0.717) is 45.5 Å². The van der Waals surface area contributed by atoms with Crippen LogP contribution in [-0.2, 0) is 42.4 Å². The predicted molar refractivity (Wildman–Crippen MR) is 232 cm³/mol. The average Bonchev–Trinajstić information content (AvgIpc) is 3.85. The number of benzene rings is 2. The molecule has 0 radical (unpaired) electrons. The summed E-state index contributed by atoms with van der Waals surface area (Å²) in [7, 11) is -0.461. The summed E-state index contributed by atoms with van der Waals surface area (Å²) < 4.78 is 16.8. The molecule has 0 saturated carbocycles. The van der Waals surface area contributed by atoms with Crippen LogP contribution in [0, 0.1) is 0 Å². The minimum atomic E-state index is -1.31. The van der Waals surface area contributed by atoms with E-state index in [1.807, 2.05) is 21.7 Å². The lowest BCUT2D eigenvalue weighted by molar-refractivity contribution is -0.00772. The van der Waals surface area contributed by atoms with Gasteiger partial charge >= 0.3 is 0 Å². The van der Waals surface area contributed by atoms with E-state index in [2.05, 4.69) is 90.8 Å². The standard InChI is InChI=1S/C42H61N9O4Si2/c1-9-30-22-32(52)11-13-33(30)31-10-12-34-37(23-31)51(29-55-19-21-57(6,7)8)46-40(34)41-45-36-26-49(27-38(36)50(41)28-54-18-20-56(3,4)5)42(53)35-24-44-39(25-43-35)48-16-14-47(2)15-17-48/h10-13,22-25,42,52-53H,9,14-21,26-29H2,1-8H3. The number of hydrogen-bond donors (Lipinski definition) is 2. The smallest absolute Gasteiger partial charge is 0.163 e. The molecule has 0 spiro atoms. The van der Waals surface area contributed by atoms with Gasteiger partial charge in [0.15, 0.2) is 12.1 Å². The Bertz CT molecular complexity index is 2150. The van der Waals surface area contributed by atoms with Crippen LogP contribution in [0.5, 0.6) is 5.75 Å². The topological polar surface area (TPSA) is 130 Å². The molecule has 1 unspecified atom stereocenters. The van der Waals surface area contributed by atoms with Crippen molar-refractivity contribution in [2.45, 2.75) is 97.5 Å². The molecule has 7 rings (SSSR count). The molecule has 3 aromatic heterocycles. The third kappa shape index (κ3) is 9.67. The van der Waals surface area contributed by atoms with E-state index in [-0.39, 0.29) is 5.75 Å². The maximum Gasteiger partial charge on any atom is 0.163 e. The second kappa shape index (κ2) is 17.1. The van der Waals surface area contributed by atoms with Crippen molar-refractivity contribution in [3.05, 3.63) is 71.4 Å². The third-order valence-corrected chi connectivity index (χ3v) is 14.5. The van der Waals surface area contributed by atoms with Crippen LogP contribution >= 0.6 is 0 Å². The molecule has 2 aliphatic rings. The highest BCUT2D eigenvalue weighted by Crippen LogP contribution is 2.37. The normalized spacial score (nSPS) is 16.2. The monoisotopic (exact) mass is 811 g/mol. The number of likely N-dealkylation sites (N-methyl/N-ethyl adjacent to an activating group) is 1. The quantitative estimate of drug-likeness (QED) is 0.0789. The summed E-state index contributed by atoms with van der Waals surface area (Å²) in [5.41, 5.74) is 7.36. The minimum absolute atomic E-state index is 0.268. The van der Waals surface area contributed by atoms with Crippen molar-refractivity contribution in [2.75, 3.05) is 51.3 Å². The van der Waals surface area contributed by atoms with E-state index in [9.17, 15) is 10.2 Å². The fraction of sp³-hybridized carbons (Fsp3) is 0.524. The molecule has 5 aromatic rings. The highest BCUT2D eigenvalue weighted by atomic mass is 28.3. The molecule has 1 fully saturated rings. The van der Waals surface area contributed by atoms with Crippen molar-refractivity contribution in [2.24, 2.45) is 0 Å². The molecule has 5 heterocycles. The van der Waals surface area contributed by atoms with Crippen molar-refractivity contribution in [3.63, 3.8) is 0 Å². The Kier molecular flexibility index (Phi) is 12.4. The Hall–Kier alpha value is -3.97. The van der Waals surface area contributed by atoms with Gasteiger partial charge in [-0.2, -0.15) is 5.10 Å². The molecule has 2 aromatic carbocycles. The van der Waals surface area contributed by atoms with Crippen LogP contribution < -0.4 is 4.90 Å². The molecular formula is C42H61N9O4Si2. The van der Waals surface area contributed by atoms with E-state index in [1.165, 1.54) is 0 Å². The average molecular weight is 812 g/mol. The maximum atomic E-state index is 11.6. The molecule has 0 aliphatic carbocycles. The lowest BCUT2D eigenvalue weighted by atomic mass is 9.97. The first-order valence-corrected chi connectivity index (χ1v) is 27.8. The van der Waals surface area contributed by atoms with Gasteiger partial charge in [-0.05, 0) is 66.5 Å².